The summed E-state index contributed by atoms with van der Waals surface area (Å²) >= 11 is 5.91. The third-order valence-electron chi connectivity index (χ3n) is 3.00. The van der Waals surface area contributed by atoms with E-state index in [2.05, 4.69) is 5.32 Å². The van der Waals surface area contributed by atoms with Gasteiger partial charge >= 0.3 is 6.09 Å². The molecule has 1 saturated heterocycles. The molecule has 1 aliphatic heterocycles. The first kappa shape index (κ1) is 14.7. The van der Waals surface area contributed by atoms with Crippen molar-refractivity contribution in [2.24, 2.45) is 0 Å². The second-order valence-corrected chi connectivity index (χ2v) is 5.09. The second-order valence-electron chi connectivity index (χ2n) is 4.65. The molecule has 6 heteroatoms. The van der Waals surface area contributed by atoms with Crippen LogP contribution < -0.4 is 10.2 Å². The summed E-state index contributed by atoms with van der Waals surface area (Å²) in [4.78, 5) is 24.7. The van der Waals surface area contributed by atoms with Crippen LogP contribution >= 0.6 is 11.6 Å². The molecule has 1 aliphatic rings. The molecule has 1 heterocycles. The lowest BCUT2D eigenvalue weighted by atomic mass is 10.2. The average molecular weight is 297 g/mol. The summed E-state index contributed by atoms with van der Waals surface area (Å²) in [7, 11) is 0. The van der Waals surface area contributed by atoms with Crippen molar-refractivity contribution in [3.05, 3.63) is 29.3 Å². The van der Waals surface area contributed by atoms with E-state index < -0.39 is 6.09 Å². The van der Waals surface area contributed by atoms with E-state index in [9.17, 15) is 9.59 Å². The van der Waals surface area contributed by atoms with Gasteiger partial charge in [0.05, 0.1) is 13.1 Å². The summed E-state index contributed by atoms with van der Waals surface area (Å²) in [6.45, 7) is 2.68. The molecule has 1 aromatic carbocycles. The summed E-state index contributed by atoms with van der Waals surface area (Å²) in [5.41, 5.74) is 0.699. The summed E-state index contributed by atoms with van der Waals surface area (Å²) in [5.74, 6) is -0.0234. The van der Waals surface area contributed by atoms with Crippen LogP contribution in [0.4, 0.5) is 10.5 Å². The lowest BCUT2D eigenvalue weighted by molar-refractivity contribution is -0.121. The molecule has 20 heavy (non-hydrogen) atoms. The van der Waals surface area contributed by atoms with Gasteiger partial charge in [-0.2, -0.15) is 0 Å². The molecular weight excluding hydrogens is 280 g/mol. The van der Waals surface area contributed by atoms with Crippen molar-refractivity contribution < 1.29 is 14.3 Å². The van der Waals surface area contributed by atoms with E-state index in [4.69, 9.17) is 16.3 Å². The molecule has 0 spiro atoms. The third-order valence-corrected chi connectivity index (χ3v) is 3.23. The minimum atomic E-state index is -0.415. The quantitative estimate of drug-likeness (QED) is 0.908. The van der Waals surface area contributed by atoms with E-state index in [1.54, 1.807) is 24.3 Å². The van der Waals surface area contributed by atoms with Crippen molar-refractivity contribution in [2.75, 3.05) is 18.0 Å². The topological polar surface area (TPSA) is 58.6 Å². The summed E-state index contributed by atoms with van der Waals surface area (Å²) < 4.78 is 5.23. The van der Waals surface area contributed by atoms with Gasteiger partial charge in [-0.3, -0.25) is 9.69 Å². The number of carbonyl (C=O) groups excluding carboxylic acids is 2. The van der Waals surface area contributed by atoms with Crippen LogP contribution in [0.3, 0.4) is 0 Å². The molecule has 108 valence electrons. The summed E-state index contributed by atoms with van der Waals surface area (Å²) in [6.07, 6.45) is 0.535. The zero-order valence-corrected chi connectivity index (χ0v) is 12.0. The first-order valence-corrected chi connectivity index (χ1v) is 6.98. The molecule has 2 rings (SSSR count). The number of nitrogens with zero attached hydrogens (tertiary/aromatic N) is 1. The van der Waals surface area contributed by atoms with Gasteiger partial charge in [0.2, 0.25) is 5.91 Å². The fourth-order valence-electron chi connectivity index (χ4n) is 2.03. The van der Waals surface area contributed by atoms with Crippen LogP contribution in [-0.2, 0) is 9.53 Å². The molecule has 0 saturated carbocycles. The van der Waals surface area contributed by atoms with E-state index in [1.807, 2.05) is 6.92 Å². The number of carbonyl (C=O) groups is 2. The Labute approximate surface area is 122 Å². The van der Waals surface area contributed by atoms with Crippen molar-refractivity contribution in [3.63, 3.8) is 0 Å². The Bertz CT molecular complexity index is 507. The van der Waals surface area contributed by atoms with Crippen LogP contribution in [-0.4, -0.2) is 31.2 Å². The van der Waals surface area contributed by atoms with E-state index in [0.29, 0.717) is 30.2 Å². The number of nitrogens with one attached hydrogen (secondary N) is 1. The van der Waals surface area contributed by atoms with Crippen LogP contribution in [0.1, 0.15) is 19.8 Å². The zero-order chi connectivity index (χ0) is 14.5. The van der Waals surface area contributed by atoms with E-state index in [-0.39, 0.29) is 12.0 Å². The van der Waals surface area contributed by atoms with Crippen LogP contribution in [0.2, 0.25) is 5.02 Å². The van der Waals surface area contributed by atoms with Gasteiger partial charge < -0.3 is 10.1 Å². The van der Waals surface area contributed by atoms with E-state index in [1.165, 1.54) is 4.90 Å². The van der Waals surface area contributed by atoms with Crippen molar-refractivity contribution in [2.45, 2.75) is 25.9 Å². The van der Waals surface area contributed by atoms with Gasteiger partial charge in [-0.15, -0.1) is 0 Å². The molecule has 0 aromatic heterocycles. The van der Waals surface area contributed by atoms with Crippen molar-refractivity contribution in [1.29, 1.82) is 0 Å². The Balaban J connectivity index is 1.92. The SMILES string of the molecule is CCCC(=O)NC[C@@H]1CN(c2cccc(Cl)c2)C(=O)O1. The molecule has 0 unspecified atom stereocenters. The molecule has 1 fully saturated rings. The second kappa shape index (κ2) is 6.61. The van der Waals surface area contributed by atoms with E-state index >= 15 is 0 Å². The van der Waals surface area contributed by atoms with Crippen LogP contribution in [0, 0.1) is 0 Å². The Morgan fingerprint density at radius 3 is 3.05 bits per heavy atom. The number of halogens is 1. The Hall–Kier alpha value is -1.75. The number of hydrogen-bond acceptors (Lipinski definition) is 3. The van der Waals surface area contributed by atoms with Gasteiger partial charge in [-0.25, -0.2) is 4.79 Å². The maximum Gasteiger partial charge on any atom is 0.414 e. The number of rotatable bonds is 5. The lowest BCUT2D eigenvalue weighted by Gasteiger charge is -2.13. The van der Waals surface area contributed by atoms with Crippen LogP contribution in [0.25, 0.3) is 0 Å². The standard InChI is InChI=1S/C14H17ClN2O3/c1-2-4-13(18)16-8-12-9-17(14(19)20-12)11-6-3-5-10(15)7-11/h3,5-7,12H,2,4,8-9H2,1H3,(H,16,18)/t12-/m1/s1. The Kier molecular flexibility index (Phi) is 4.84. The first-order chi connectivity index (χ1) is 9.60. The normalized spacial score (nSPS) is 18.0. The number of amides is 2. The number of cyclic esters (lactones) is 1. The number of benzene rings is 1. The third kappa shape index (κ3) is 3.63. The van der Waals surface area contributed by atoms with Gasteiger partial charge in [0, 0.05) is 17.1 Å². The fraction of sp³-hybridized carbons (Fsp3) is 0.429. The molecule has 1 N–H and O–H groups in total. The molecule has 1 atom stereocenters. The van der Waals surface area contributed by atoms with Gasteiger partial charge in [0.1, 0.15) is 6.10 Å². The van der Waals surface area contributed by atoms with Crippen LogP contribution in [0.5, 0.6) is 0 Å². The molecule has 0 radical (unpaired) electrons. The Morgan fingerprint density at radius 1 is 1.55 bits per heavy atom. The zero-order valence-electron chi connectivity index (χ0n) is 11.3. The van der Waals surface area contributed by atoms with Crippen molar-refractivity contribution in [1.82, 2.24) is 5.32 Å². The summed E-state index contributed by atoms with van der Waals surface area (Å²) in [5, 5.41) is 3.33. The minimum Gasteiger partial charge on any atom is -0.442 e. The van der Waals surface area contributed by atoms with Gasteiger partial charge in [-0.05, 0) is 24.6 Å². The maximum absolute atomic E-state index is 11.8. The van der Waals surface area contributed by atoms with Crippen molar-refractivity contribution in [3.8, 4) is 0 Å². The van der Waals surface area contributed by atoms with Crippen molar-refractivity contribution >= 4 is 29.3 Å². The molecule has 0 bridgehead atoms. The average Bonchev–Trinajstić information content (AvgIpc) is 2.78. The highest BCUT2D eigenvalue weighted by Crippen LogP contribution is 2.24. The van der Waals surface area contributed by atoms with Gasteiger partial charge in [-0.1, -0.05) is 24.6 Å². The maximum atomic E-state index is 11.8. The number of ether oxygens (including phenoxy) is 1. The highest BCUT2D eigenvalue weighted by atomic mass is 35.5. The Morgan fingerprint density at radius 2 is 2.35 bits per heavy atom. The highest BCUT2D eigenvalue weighted by Gasteiger charge is 2.32. The molecule has 2 amide bonds. The highest BCUT2D eigenvalue weighted by molar-refractivity contribution is 6.30. The largest absolute Gasteiger partial charge is 0.442 e. The van der Waals surface area contributed by atoms with Gasteiger partial charge in [0.25, 0.3) is 0 Å². The predicted octanol–water partition coefficient (Wildman–Crippen LogP) is 2.58. The number of hydrogen-bond donors (Lipinski definition) is 1. The molecular formula is C14H17ClN2O3. The van der Waals surface area contributed by atoms with Gasteiger partial charge in [0.15, 0.2) is 0 Å². The summed E-state index contributed by atoms with van der Waals surface area (Å²) in [6, 6.07) is 7.03. The minimum absolute atomic E-state index is 0.0234. The fourth-order valence-corrected chi connectivity index (χ4v) is 2.21. The number of anilines is 1. The molecule has 0 aliphatic carbocycles. The monoisotopic (exact) mass is 296 g/mol. The molecule has 5 nitrogen and oxygen atoms in total. The predicted molar refractivity (Wildman–Crippen MR) is 77.0 cm³/mol. The lowest BCUT2D eigenvalue weighted by Crippen LogP contribution is -2.34. The molecule has 1 aromatic rings. The first-order valence-electron chi connectivity index (χ1n) is 6.60. The smallest absolute Gasteiger partial charge is 0.414 e. The van der Waals surface area contributed by atoms with E-state index in [0.717, 1.165) is 6.42 Å². The van der Waals surface area contributed by atoms with Crippen LogP contribution in [0.15, 0.2) is 24.3 Å².